The fourth-order valence-electron chi connectivity index (χ4n) is 6.97. The van der Waals surface area contributed by atoms with Crippen molar-refractivity contribution < 1.29 is 29.0 Å². The molecule has 2 aliphatic carbocycles. The number of hydrogen-bond donors (Lipinski definition) is 1. The zero-order valence-corrected chi connectivity index (χ0v) is 27.9. The van der Waals surface area contributed by atoms with Crippen LogP contribution in [-0.4, -0.2) is 41.2 Å². The van der Waals surface area contributed by atoms with Gasteiger partial charge in [-0.1, -0.05) is 69.1 Å². The van der Waals surface area contributed by atoms with Crippen LogP contribution in [-0.2, 0) is 27.4 Å². The molecule has 0 unspecified atom stereocenters. The van der Waals surface area contributed by atoms with Crippen LogP contribution in [0.4, 0.5) is 0 Å². The summed E-state index contributed by atoms with van der Waals surface area (Å²) in [7, 11) is 1.55. The second kappa shape index (κ2) is 12.3. The number of carboxylic acid groups (broad SMARTS) is 1. The van der Waals surface area contributed by atoms with Gasteiger partial charge in [-0.15, -0.1) is 6.58 Å². The fraction of sp³-hybridized carbons (Fsp3) is 0.417. The third-order valence-electron chi connectivity index (χ3n) is 8.77. The van der Waals surface area contributed by atoms with Crippen molar-refractivity contribution in [1.82, 2.24) is 4.90 Å². The van der Waals surface area contributed by atoms with Crippen LogP contribution < -0.4 is 9.47 Å². The number of ether oxygens (including phenoxy) is 2. The summed E-state index contributed by atoms with van der Waals surface area (Å²) < 4.78 is 12.2. The second-order valence-electron chi connectivity index (χ2n) is 13.7. The highest BCUT2D eigenvalue weighted by molar-refractivity contribution is 6.35. The summed E-state index contributed by atoms with van der Waals surface area (Å²) in [5.41, 5.74) is 3.88. The molecule has 3 aliphatic rings. The van der Waals surface area contributed by atoms with E-state index >= 15 is 0 Å². The number of ketones is 2. The van der Waals surface area contributed by atoms with Crippen LogP contribution in [0.15, 0.2) is 65.5 Å². The predicted molar refractivity (Wildman–Crippen MR) is 175 cm³/mol. The standard InChI is InChI=1S/C36H39Cl2NO6/c1-7-8-20-11-22(12-29(44-6)34(20)45-19-21-9-10-23(37)13-24(21)38)31-32-25(14-35(2,3)16-27(32)40)39(18-30(42)43)26-15-36(4,5)17-28(41)33(26)31/h7,9-13,31H,1,8,14-19H2,2-6H3,(H,42,43). The molecule has 1 heterocycles. The summed E-state index contributed by atoms with van der Waals surface area (Å²) in [5.74, 6) is -0.883. The fourth-order valence-corrected chi connectivity index (χ4v) is 7.43. The summed E-state index contributed by atoms with van der Waals surface area (Å²) >= 11 is 12.5. The molecular formula is C36H39Cl2NO6. The van der Waals surface area contributed by atoms with Gasteiger partial charge in [-0.3, -0.25) is 14.4 Å². The summed E-state index contributed by atoms with van der Waals surface area (Å²) in [6, 6.07) is 8.99. The summed E-state index contributed by atoms with van der Waals surface area (Å²) in [6.45, 7) is 11.9. The van der Waals surface area contributed by atoms with Gasteiger partial charge < -0.3 is 19.5 Å². The maximum atomic E-state index is 14.1. The highest BCUT2D eigenvalue weighted by Gasteiger charge is 2.49. The molecule has 2 aromatic rings. The molecule has 0 radical (unpaired) electrons. The molecule has 238 valence electrons. The largest absolute Gasteiger partial charge is 0.493 e. The van der Waals surface area contributed by atoms with Crippen LogP contribution >= 0.6 is 23.2 Å². The minimum atomic E-state index is -1.02. The summed E-state index contributed by atoms with van der Waals surface area (Å²) in [5, 5.41) is 11.0. The van der Waals surface area contributed by atoms with E-state index in [-0.39, 0.29) is 35.5 Å². The quantitative estimate of drug-likeness (QED) is 0.274. The van der Waals surface area contributed by atoms with Gasteiger partial charge in [0.15, 0.2) is 23.1 Å². The second-order valence-corrected chi connectivity index (χ2v) is 14.6. The lowest BCUT2D eigenvalue weighted by molar-refractivity contribution is -0.138. The Morgan fingerprint density at radius 1 is 0.978 bits per heavy atom. The molecular weight excluding hydrogens is 613 g/mol. The Balaban J connectivity index is 1.71. The maximum absolute atomic E-state index is 14.1. The van der Waals surface area contributed by atoms with Crippen LogP contribution in [0.3, 0.4) is 0 Å². The van der Waals surface area contributed by atoms with Crippen molar-refractivity contribution in [3.8, 4) is 11.5 Å². The Morgan fingerprint density at radius 2 is 1.58 bits per heavy atom. The van der Waals surface area contributed by atoms with Crippen LogP contribution in [0.1, 0.15) is 76.0 Å². The first kappa shape index (κ1) is 32.8. The molecule has 0 fully saturated rings. The van der Waals surface area contributed by atoms with Crippen molar-refractivity contribution in [2.75, 3.05) is 13.7 Å². The Bertz CT molecular complexity index is 1610. The van der Waals surface area contributed by atoms with Crippen molar-refractivity contribution in [3.05, 3.63) is 92.3 Å². The van der Waals surface area contributed by atoms with E-state index in [9.17, 15) is 19.5 Å². The van der Waals surface area contributed by atoms with Gasteiger partial charge in [0, 0.05) is 62.5 Å². The molecule has 0 spiro atoms. The van der Waals surface area contributed by atoms with E-state index in [4.69, 9.17) is 32.7 Å². The van der Waals surface area contributed by atoms with Gasteiger partial charge in [-0.05, 0) is 53.9 Å². The van der Waals surface area contributed by atoms with Gasteiger partial charge in [0.25, 0.3) is 0 Å². The van der Waals surface area contributed by atoms with Crippen molar-refractivity contribution in [2.45, 2.75) is 72.3 Å². The Labute approximate surface area is 274 Å². The Morgan fingerprint density at radius 3 is 2.09 bits per heavy atom. The molecule has 0 saturated heterocycles. The highest BCUT2D eigenvalue weighted by atomic mass is 35.5. The minimum absolute atomic E-state index is 0.0761. The van der Waals surface area contributed by atoms with Crippen molar-refractivity contribution >= 4 is 40.7 Å². The van der Waals surface area contributed by atoms with Crippen LogP contribution in [0.2, 0.25) is 10.0 Å². The molecule has 0 aromatic heterocycles. The van der Waals surface area contributed by atoms with E-state index in [2.05, 4.69) is 6.58 Å². The number of carboxylic acids is 1. The molecule has 0 atom stereocenters. The Hall–Kier alpha value is -3.55. The first-order valence-electron chi connectivity index (χ1n) is 15.0. The number of hydrogen-bond acceptors (Lipinski definition) is 6. The average Bonchev–Trinajstić information content (AvgIpc) is 2.92. The van der Waals surface area contributed by atoms with Crippen molar-refractivity contribution in [1.29, 1.82) is 0 Å². The number of halogens is 2. The lowest BCUT2D eigenvalue weighted by Crippen LogP contribution is -2.45. The lowest BCUT2D eigenvalue weighted by Gasteiger charge is -2.48. The number of benzene rings is 2. The number of carbonyl (C=O) groups excluding carboxylic acids is 2. The number of carbonyl (C=O) groups is 3. The zero-order chi connectivity index (χ0) is 32.8. The first-order chi connectivity index (χ1) is 21.1. The molecule has 5 rings (SSSR count). The van der Waals surface area contributed by atoms with E-state index in [1.807, 2.05) is 39.8 Å². The van der Waals surface area contributed by atoms with Crippen LogP contribution in [0.5, 0.6) is 11.5 Å². The first-order valence-corrected chi connectivity index (χ1v) is 15.8. The molecule has 45 heavy (non-hydrogen) atoms. The molecule has 2 aromatic carbocycles. The lowest BCUT2D eigenvalue weighted by atomic mass is 9.63. The molecule has 0 bridgehead atoms. The number of allylic oxidation sites excluding steroid dienone is 5. The van der Waals surface area contributed by atoms with E-state index < -0.39 is 11.9 Å². The normalized spacial score (nSPS) is 19.3. The SMILES string of the molecule is C=CCc1cc(C2C3=C(CC(C)(C)CC3=O)N(CC(=O)O)C3=C2C(=O)CC(C)(C)C3)cc(OC)c1OCc1ccc(Cl)cc1Cl. The van der Waals surface area contributed by atoms with E-state index in [0.29, 0.717) is 76.2 Å². The van der Waals surface area contributed by atoms with E-state index in [0.717, 1.165) is 16.7 Å². The van der Waals surface area contributed by atoms with E-state index in [1.165, 1.54) is 0 Å². The van der Waals surface area contributed by atoms with Gasteiger partial charge >= 0.3 is 5.97 Å². The van der Waals surface area contributed by atoms with Gasteiger partial charge in [0.2, 0.25) is 0 Å². The number of Topliss-reactive ketones (excluding diaryl/α,β-unsaturated/α-hetero) is 2. The van der Waals surface area contributed by atoms with Gasteiger partial charge in [0.1, 0.15) is 13.2 Å². The summed E-state index contributed by atoms with van der Waals surface area (Å²) in [6.07, 6.45) is 3.82. The molecule has 1 aliphatic heterocycles. The summed E-state index contributed by atoms with van der Waals surface area (Å²) in [4.78, 5) is 42.0. The van der Waals surface area contributed by atoms with Crippen LogP contribution in [0, 0.1) is 10.8 Å². The number of rotatable bonds is 9. The number of nitrogens with zero attached hydrogens (tertiary/aromatic N) is 1. The maximum Gasteiger partial charge on any atom is 0.323 e. The molecule has 0 saturated carbocycles. The Kier molecular flexibility index (Phi) is 9.00. The monoisotopic (exact) mass is 651 g/mol. The third kappa shape index (κ3) is 6.56. The minimum Gasteiger partial charge on any atom is -0.493 e. The third-order valence-corrected chi connectivity index (χ3v) is 9.36. The predicted octanol–water partition coefficient (Wildman–Crippen LogP) is 8.08. The smallest absolute Gasteiger partial charge is 0.323 e. The zero-order valence-electron chi connectivity index (χ0n) is 26.4. The number of aliphatic carboxylic acids is 1. The van der Waals surface area contributed by atoms with Crippen LogP contribution in [0.25, 0.3) is 0 Å². The average molecular weight is 653 g/mol. The van der Waals surface area contributed by atoms with Gasteiger partial charge in [-0.25, -0.2) is 0 Å². The van der Waals surface area contributed by atoms with Crippen molar-refractivity contribution in [3.63, 3.8) is 0 Å². The van der Waals surface area contributed by atoms with Crippen molar-refractivity contribution in [2.24, 2.45) is 10.8 Å². The molecule has 0 amide bonds. The number of methoxy groups -OCH3 is 1. The molecule has 7 nitrogen and oxygen atoms in total. The highest BCUT2D eigenvalue weighted by Crippen LogP contribution is 2.55. The topological polar surface area (TPSA) is 93.1 Å². The molecule has 9 heteroatoms. The van der Waals surface area contributed by atoms with Gasteiger partial charge in [-0.2, -0.15) is 0 Å². The van der Waals surface area contributed by atoms with E-state index in [1.54, 1.807) is 36.3 Å². The van der Waals surface area contributed by atoms with Gasteiger partial charge in [0.05, 0.1) is 7.11 Å². The molecule has 1 N–H and O–H groups in total.